The molecule has 104 valence electrons. The zero-order valence-electron chi connectivity index (χ0n) is 11.3. The molecule has 0 amide bonds. The Labute approximate surface area is 120 Å². The highest BCUT2D eigenvalue weighted by Gasteiger charge is 2.09. The minimum absolute atomic E-state index is 0.573. The normalized spacial score (nSPS) is 10.9. The topological polar surface area (TPSA) is 80.5 Å². The molecule has 7 nitrogen and oxygen atoms in total. The lowest BCUT2D eigenvalue weighted by Gasteiger charge is -2.08. The van der Waals surface area contributed by atoms with E-state index in [0.29, 0.717) is 12.5 Å². The van der Waals surface area contributed by atoms with Crippen LogP contribution in [-0.2, 0) is 13.6 Å². The maximum absolute atomic E-state index is 4.51. The third-order valence-electron chi connectivity index (χ3n) is 2.88. The first-order valence-corrected chi connectivity index (χ1v) is 7.21. The Balaban J connectivity index is 1.89. The van der Waals surface area contributed by atoms with Crippen LogP contribution in [0.2, 0.25) is 0 Å². The van der Waals surface area contributed by atoms with Crippen LogP contribution < -0.4 is 10.6 Å². The van der Waals surface area contributed by atoms with Crippen LogP contribution in [-0.4, -0.2) is 31.3 Å². The first-order chi connectivity index (χ1) is 9.78. The van der Waals surface area contributed by atoms with Crippen LogP contribution >= 0.6 is 11.3 Å². The third-order valence-corrected chi connectivity index (χ3v) is 3.69. The smallest absolute Gasteiger partial charge is 0.226 e. The molecule has 3 rings (SSSR count). The van der Waals surface area contributed by atoms with E-state index in [1.165, 1.54) is 0 Å². The summed E-state index contributed by atoms with van der Waals surface area (Å²) in [4.78, 5) is 9.95. The van der Waals surface area contributed by atoms with Gasteiger partial charge in [0.15, 0.2) is 5.82 Å². The zero-order chi connectivity index (χ0) is 13.9. The van der Waals surface area contributed by atoms with Gasteiger partial charge in [-0.15, -0.1) is 21.5 Å². The number of aryl methyl sites for hydroxylation is 1. The van der Waals surface area contributed by atoms with E-state index in [0.717, 1.165) is 28.4 Å². The Morgan fingerprint density at radius 1 is 1.30 bits per heavy atom. The van der Waals surface area contributed by atoms with Crippen LogP contribution in [0.15, 0.2) is 17.8 Å². The molecule has 3 aromatic rings. The fourth-order valence-corrected chi connectivity index (χ4v) is 2.62. The van der Waals surface area contributed by atoms with Gasteiger partial charge in [-0.05, 0) is 18.4 Å². The number of aromatic nitrogens is 5. The Kier molecular flexibility index (Phi) is 3.46. The van der Waals surface area contributed by atoms with Crippen LogP contribution in [0.3, 0.4) is 0 Å². The summed E-state index contributed by atoms with van der Waals surface area (Å²) in [5.74, 6) is 2.31. The quantitative estimate of drug-likeness (QED) is 0.746. The Morgan fingerprint density at radius 3 is 2.95 bits per heavy atom. The molecule has 0 fully saturated rings. The molecular formula is C12H15N7S. The Bertz CT molecular complexity index is 717. The van der Waals surface area contributed by atoms with Crippen molar-refractivity contribution in [2.45, 2.75) is 13.5 Å². The highest BCUT2D eigenvalue weighted by atomic mass is 32.1. The second-order valence-electron chi connectivity index (χ2n) is 4.28. The van der Waals surface area contributed by atoms with Gasteiger partial charge >= 0.3 is 0 Å². The average Bonchev–Trinajstić information content (AvgIpc) is 3.05. The molecular weight excluding hydrogens is 274 g/mol. The summed E-state index contributed by atoms with van der Waals surface area (Å²) in [7, 11) is 1.92. The second-order valence-corrected chi connectivity index (χ2v) is 5.17. The fraction of sp³-hybridized carbons (Fsp3) is 0.333. The van der Waals surface area contributed by atoms with Crippen molar-refractivity contribution in [1.29, 1.82) is 0 Å². The van der Waals surface area contributed by atoms with Gasteiger partial charge in [0.25, 0.3) is 0 Å². The lowest BCUT2D eigenvalue weighted by atomic mass is 10.3. The Hall–Kier alpha value is -2.22. The predicted molar refractivity (Wildman–Crippen MR) is 79.9 cm³/mol. The van der Waals surface area contributed by atoms with Gasteiger partial charge in [0.1, 0.15) is 17.0 Å². The molecule has 8 heteroatoms. The van der Waals surface area contributed by atoms with E-state index in [9.17, 15) is 0 Å². The maximum Gasteiger partial charge on any atom is 0.226 e. The molecule has 0 aliphatic carbocycles. The molecule has 0 radical (unpaired) electrons. The third kappa shape index (κ3) is 2.42. The van der Waals surface area contributed by atoms with E-state index < -0.39 is 0 Å². The molecule has 0 aliphatic rings. The molecule has 20 heavy (non-hydrogen) atoms. The first-order valence-electron chi connectivity index (χ1n) is 6.33. The molecule has 3 aromatic heterocycles. The summed E-state index contributed by atoms with van der Waals surface area (Å²) in [6.45, 7) is 3.39. The van der Waals surface area contributed by atoms with Crippen LogP contribution in [0.1, 0.15) is 12.7 Å². The van der Waals surface area contributed by atoms with E-state index in [4.69, 9.17) is 0 Å². The van der Waals surface area contributed by atoms with Gasteiger partial charge in [-0.1, -0.05) is 0 Å². The molecule has 0 aromatic carbocycles. The SMILES string of the molecule is CCNc1nc(NCc2nncn2C)c2ccsc2n1. The molecule has 0 spiro atoms. The largest absolute Gasteiger partial charge is 0.362 e. The standard InChI is InChI=1S/C12H15N7S/c1-3-13-12-16-10(8-4-5-20-11(8)17-12)14-6-9-18-15-7-19(9)2/h4-5,7H,3,6H2,1-2H3,(H2,13,14,16,17). The van der Waals surface area contributed by atoms with Crippen molar-refractivity contribution >= 4 is 33.3 Å². The number of hydrogen-bond acceptors (Lipinski definition) is 7. The van der Waals surface area contributed by atoms with Crippen LogP contribution in [0, 0.1) is 0 Å². The molecule has 0 atom stereocenters. The molecule has 0 saturated carbocycles. The molecule has 0 bridgehead atoms. The summed E-state index contributed by atoms with van der Waals surface area (Å²) < 4.78 is 1.88. The van der Waals surface area contributed by atoms with Gasteiger partial charge in [0.05, 0.1) is 11.9 Å². The van der Waals surface area contributed by atoms with Crippen molar-refractivity contribution in [3.63, 3.8) is 0 Å². The first kappa shape index (κ1) is 12.8. The lowest BCUT2D eigenvalue weighted by Crippen LogP contribution is -2.09. The summed E-state index contributed by atoms with van der Waals surface area (Å²) in [6.07, 6.45) is 1.68. The number of fused-ring (bicyclic) bond motifs is 1. The van der Waals surface area contributed by atoms with Crippen molar-refractivity contribution in [2.75, 3.05) is 17.2 Å². The molecule has 0 aliphatic heterocycles. The van der Waals surface area contributed by atoms with Crippen molar-refractivity contribution in [3.8, 4) is 0 Å². The summed E-state index contributed by atoms with van der Waals surface area (Å²) in [6, 6.07) is 2.02. The number of nitrogens with zero attached hydrogens (tertiary/aromatic N) is 5. The summed E-state index contributed by atoms with van der Waals surface area (Å²) >= 11 is 1.60. The van der Waals surface area contributed by atoms with Crippen LogP contribution in [0.4, 0.5) is 11.8 Å². The fourth-order valence-electron chi connectivity index (χ4n) is 1.86. The Morgan fingerprint density at radius 2 is 2.20 bits per heavy atom. The highest BCUT2D eigenvalue weighted by Crippen LogP contribution is 2.26. The second kappa shape index (κ2) is 5.41. The van der Waals surface area contributed by atoms with Crippen LogP contribution in [0.25, 0.3) is 10.2 Å². The van der Waals surface area contributed by atoms with E-state index in [2.05, 4.69) is 30.8 Å². The average molecular weight is 289 g/mol. The summed E-state index contributed by atoms with van der Waals surface area (Å²) in [5, 5.41) is 17.4. The molecule has 0 saturated heterocycles. The van der Waals surface area contributed by atoms with Gasteiger partial charge in [-0.2, -0.15) is 4.98 Å². The highest BCUT2D eigenvalue weighted by molar-refractivity contribution is 7.16. The monoisotopic (exact) mass is 289 g/mol. The van der Waals surface area contributed by atoms with Crippen LogP contribution in [0.5, 0.6) is 0 Å². The summed E-state index contributed by atoms with van der Waals surface area (Å²) in [5.41, 5.74) is 0. The number of nitrogens with one attached hydrogen (secondary N) is 2. The minimum atomic E-state index is 0.573. The number of anilines is 2. The number of thiophene rings is 1. The molecule has 2 N–H and O–H groups in total. The van der Waals surface area contributed by atoms with Crippen molar-refractivity contribution in [2.24, 2.45) is 7.05 Å². The predicted octanol–water partition coefficient (Wildman–Crippen LogP) is 1.86. The maximum atomic E-state index is 4.51. The van der Waals surface area contributed by atoms with Gasteiger partial charge in [-0.25, -0.2) is 4.98 Å². The van der Waals surface area contributed by atoms with E-state index in [1.54, 1.807) is 17.7 Å². The molecule has 0 unspecified atom stereocenters. The van der Waals surface area contributed by atoms with Gasteiger partial charge in [0.2, 0.25) is 5.95 Å². The van der Waals surface area contributed by atoms with E-state index >= 15 is 0 Å². The van der Waals surface area contributed by atoms with Crippen molar-refractivity contribution in [1.82, 2.24) is 24.7 Å². The van der Waals surface area contributed by atoms with Gasteiger partial charge in [-0.3, -0.25) is 0 Å². The molecule has 3 heterocycles. The number of rotatable bonds is 5. The van der Waals surface area contributed by atoms with Crippen molar-refractivity contribution < 1.29 is 0 Å². The lowest BCUT2D eigenvalue weighted by molar-refractivity contribution is 0.810. The van der Waals surface area contributed by atoms with Gasteiger partial charge in [0, 0.05) is 13.6 Å². The van der Waals surface area contributed by atoms with E-state index in [1.807, 2.05) is 30.0 Å². The zero-order valence-corrected chi connectivity index (χ0v) is 12.1. The van der Waals surface area contributed by atoms with Crippen molar-refractivity contribution in [3.05, 3.63) is 23.6 Å². The van der Waals surface area contributed by atoms with E-state index in [-0.39, 0.29) is 0 Å². The number of hydrogen-bond donors (Lipinski definition) is 2. The van der Waals surface area contributed by atoms with Gasteiger partial charge < -0.3 is 15.2 Å². The minimum Gasteiger partial charge on any atom is -0.362 e.